The van der Waals surface area contributed by atoms with Gasteiger partial charge in [0, 0.05) is 34.3 Å². The average Bonchev–Trinajstić information content (AvgIpc) is 3.49. The first kappa shape index (κ1) is 22.4. The molecule has 1 aliphatic heterocycles. The maximum Gasteiger partial charge on any atom is 0.174 e. The van der Waals surface area contributed by atoms with Crippen LogP contribution in [0.3, 0.4) is 0 Å². The molecule has 0 radical (unpaired) electrons. The number of halogens is 1. The first-order chi connectivity index (χ1) is 16.6. The minimum Gasteiger partial charge on any atom is -0.497 e. The molecule has 1 N–H and O–H groups in total. The zero-order chi connectivity index (χ0) is 23.7. The van der Waals surface area contributed by atoms with Crippen LogP contribution < -0.4 is 19.7 Å². The van der Waals surface area contributed by atoms with Gasteiger partial charge >= 0.3 is 0 Å². The van der Waals surface area contributed by atoms with Crippen LogP contribution in [0.15, 0.2) is 89.7 Å². The minimum atomic E-state index is -0.177. The monoisotopic (exact) mass is 534 g/mol. The van der Waals surface area contributed by atoms with Crippen molar-refractivity contribution in [3.05, 3.63) is 101 Å². The molecule has 1 saturated heterocycles. The first-order valence-corrected chi connectivity index (χ1v) is 12.0. The van der Waals surface area contributed by atoms with E-state index >= 15 is 0 Å². The zero-order valence-electron chi connectivity index (χ0n) is 18.7. The summed E-state index contributed by atoms with van der Waals surface area (Å²) in [4.78, 5) is 6.76. The molecule has 172 valence electrons. The van der Waals surface area contributed by atoms with Crippen molar-refractivity contribution in [2.45, 2.75) is 12.1 Å². The number of hydrogen-bond donors (Lipinski definition) is 1. The lowest BCUT2D eigenvalue weighted by Crippen LogP contribution is -2.30. The van der Waals surface area contributed by atoms with Gasteiger partial charge in [0.25, 0.3) is 0 Å². The van der Waals surface area contributed by atoms with E-state index < -0.39 is 0 Å². The number of hydrogen-bond acceptors (Lipinski definition) is 4. The quantitative estimate of drug-likeness (QED) is 0.314. The molecule has 0 spiro atoms. The number of anilines is 1. The van der Waals surface area contributed by atoms with E-state index in [1.807, 2.05) is 54.7 Å². The van der Waals surface area contributed by atoms with Crippen molar-refractivity contribution in [3.63, 3.8) is 0 Å². The predicted molar refractivity (Wildman–Crippen MR) is 141 cm³/mol. The molecule has 0 bridgehead atoms. The molecule has 2 aromatic carbocycles. The van der Waals surface area contributed by atoms with Crippen LogP contribution in [0, 0.1) is 0 Å². The summed E-state index contributed by atoms with van der Waals surface area (Å²) in [6, 6.07) is 23.8. The van der Waals surface area contributed by atoms with Gasteiger partial charge < -0.3 is 24.3 Å². The number of nitrogens with zero attached hydrogens (tertiary/aromatic N) is 3. The second-order valence-electron chi connectivity index (χ2n) is 7.81. The highest BCUT2D eigenvalue weighted by atomic mass is 79.9. The molecule has 34 heavy (non-hydrogen) atoms. The van der Waals surface area contributed by atoms with Crippen molar-refractivity contribution in [3.8, 4) is 17.2 Å². The van der Waals surface area contributed by atoms with Crippen LogP contribution in [-0.2, 0) is 0 Å². The molecule has 8 heteroatoms. The van der Waals surface area contributed by atoms with Gasteiger partial charge in [0.2, 0.25) is 0 Å². The van der Waals surface area contributed by atoms with Gasteiger partial charge in [0.05, 0.1) is 31.6 Å². The highest BCUT2D eigenvalue weighted by molar-refractivity contribution is 9.10. The summed E-state index contributed by atoms with van der Waals surface area (Å²) in [6.07, 6.45) is 3.88. The molecule has 0 aliphatic carbocycles. The van der Waals surface area contributed by atoms with Crippen molar-refractivity contribution in [1.82, 2.24) is 14.9 Å². The number of aromatic nitrogens is 2. The van der Waals surface area contributed by atoms with Crippen LogP contribution in [0.25, 0.3) is 5.69 Å². The first-order valence-electron chi connectivity index (χ1n) is 10.8. The van der Waals surface area contributed by atoms with Gasteiger partial charge in [0.1, 0.15) is 17.5 Å². The number of rotatable bonds is 6. The number of methoxy groups -OCH3 is 2. The fourth-order valence-electron chi connectivity index (χ4n) is 4.37. The maximum atomic E-state index is 5.88. The number of benzene rings is 2. The lowest BCUT2D eigenvalue weighted by Gasteiger charge is -2.30. The molecule has 0 saturated carbocycles. The largest absolute Gasteiger partial charge is 0.497 e. The van der Waals surface area contributed by atoms with Crippen LogP contribution >= 0.6 is 28.1 Å². The molecule has 4 aromatic rings. The van der Waals surface area contributed by atoms with Crippen molar-refractivity contribution >= 4 is 38.9 Å². The third-order valence-corrected chi connectivity index (χ3v) is 6.78. The van der Waals surface area contributed by atoms with E-state index in [9.17, 15) is 0 Å². The number of ether oxygens (including phenoxy) is 2. The lowest BCUT2D eigenvalue weighted by atomic mass is 10.0. The second kappa shape index (κ2) is 9.48. The second-order valence-corrected chi connectivity index (χ2v) is 9.12. The Kier molecular flexibility index (Phi) is 6.26. The maximum absolute atomic E-state index is 5.88. The molecule has 1 fully saturated rings. The number of pyridine rings is 1. The summed E-state index contributed by atoms with van der Waals surface area (Å²) >= 11 is 9.41. The fraction of sp³-hybridized carbons (Fsp3) is 0.154. The predicted octanol–water partition coefficient (Wildman–Crippen LogP) is 5.83. The smallest absolute Gasteiger partial charge is 0.174 e. The molecule has 5 rings (SSSR count). The fourth-order valence-corrected chi connectivity index (χ4v) is 4.97. The SMILES string of the molecule is COc1ccc(N2C(=S)N[C@H](c3ccccn3)[C@@H]2c2cccn2-c2ccc(Br)cc2)c(OC)c1. The zero-order valence-corrected chi connectivity index (χ0v) is 21.1. The normalized spacial score (nSPS) is 17.5. The Morgan fingerprint density at radius 1 is 0.971 bits per heavy atom. The topological polar surface area (TPSA) is 51.5 Å². The van der Waals surface area contributed by atoms with Crippen LogP contribution in [0.1, 0.15) is 23.5 Å². The molecular weight excluding hydrogens is 512 g/mol. The summed E-state index contributed by atoms with van der Waals surface area (Å²) in [7, 11) is 3.29. The molecule has 0 amide bonds. The van der Waals surface area contributed by atoms with Crippen molar-refractivity contribution in [2.75, 3.05) is 19.1 Å². The Bertz CT molecular complexity index is 1310. The van der Waals surface area contributed by atoms with E-state index in [0.717, 1.165) is 33.0 Å². The molecule has 2 aromatic heterocycles. The standard InChI is InChI=1S/C26H23BrN4O2S/c1-32-19-12-13-21(23(16-19)33-2)31-25(24(29-26(31)34)20-6-3-4-14-28-20)22-7-5-15-30(22)18-10-8-17(27)9-11-18/h3-16,24-25H,1-2H3,(H,29,34)/t24-,25+/m1/s1. The van der Waals surface area contributed by atoms with E-state index in [0.29, 0.717) is 10.9 Å². The van der Waals surface area contributed by atoms with E-state index in [-0.39, 0.29) is 12.1 Å². The van der Waals surface area contributed by atoms with E-state index in [4.69, 9.17) is 21.7 Å². The molecule has 2 atom stereocenters. The Labute approximate surface area is 212 Å². The van der Waals surface area contributed by atoms with E-state index in [1.165, 1.54) is 0 Å². The van der Waals surface area contributed by atoms with Gasteiger partial charge in [-0.15, -0.1) is 0 Å². The number of nitrogens with one attached hydrogen (secondary N) is 1. The molecule has 1 aliphatic rings. The van der Waals surface area contributed by atoms with E-state index in [2.05, 4.69) is 66.2 Å². The van der Waals surface area contributed by atoms with Crippen LogP contribution in [0.4, 0.5) is 5.69 Å². The van der Waals surface area contributed by atoms with Crippen molar-refractivity contribution < 1.29 is 9.47 Å². The third-order valence-electron chi connectivity index (χ3n) is 5.93. The van der Waals surface area contributed by atoms with Gasteiger partial charge in [-0.1, -0.05) is 22.0 Å². The van der Waals surface area contributed by atoms with Crippen molar-refractivity contribution in [2.24, 2.45) is 0 Å². The molecular formula is C26H23BrN4O2S. The van der Waals surface area contributed by atoms with Gasteiger partial charge in [-0.3, -0.25) is 4.98 Å². The molecule has 6 nitrogen and oxygen atoms in total. The van der Waals surface area contributed by atoms with Gasteiger partial charge in [-0.25, -0.2) is 0 Å². The third kappa shape index (κ3) is 4.03. The Morgan fingerprint density at radius 2 is 1.79 bits per heavy atom. The number of thiocarbonyl (C=S) groups is 1. The highest BCUT2D eigenvalue weighted by Crippen LogP contribution is 2.45. The van der Waals surface area contributed by atoms with Gasteiger partial charge in [-0.05, 0) is 72.9 Å². The van der Waals surface area contributed by atoms with Crippen LogP contribution in [0.2, 0.25) is 0 Å². The Morgan fingerprint density at radius 3 is 2.50 bits per heavy atom. The summed E-state index contributed by atoms with van der Waals surface area (Å²) < 4.78 is 14.4. The van der Waals surface area contributed by atoms with Crippen LogP contribution in [-0.4, -0.2) is 28.9 Å². The summed E-state index contributed by atoms with van der Waals surface area (Å²) in [6.45, 7) is 0. The minimum absolute atomic E-state index is 0.162. The Hall–Kier alpha value is -3.36. The lowest BCUT2D eigenvalue weighted by molar-refractivity contribution is 0.394. The summed E-state index contributed by atoms with van der Waals surface area (Å²) in [5.74, 6) is 1.40. The molecule has 0 unspecified atom stereocenters. The van der Waals surface area contributed by atoms with Gasteiger partial charge in [0.15, 0.2) is 5.11 Å². The van der Waals surface area contributed by atoms with Crippen molar-refractivity contribution in [1.29, 1.82) is 0 Å². The van der Waals surface area contributed by atoms with Crippen LogP contribution in [0.5, 0.6) is 11.5 Å². The summed E-state index contributed by atoms with van der Waals surface area (Å²) in [5.41, 5.74) is 3.90. The summed E-state index contributed by atoms with van der Waals surface area (Å²) in [5, 5.41) is 4.12. The molecule has 3 heterocycles. The average molecular weight is 535 g/mol. The van der Waals surface area contributed by atoms with E-state index in [1.54, 1.807) is 14.2 Å². The Balaban J connectivity index is 1.68. The van der Waals surface area contributed by atoms with Gasteiger partial charge in [-0.2, -0.15) is 0 Å². The highest BCUT2D eigenvalue weighted by Gasteiger charge is 2.43.